The Hall–Kier alpha value is -0.610. The van der Waals surface area contributed by atoms with Gasteiger partial charge in [0, 0.05) is 25.0 Å². The van der Waals surface area contributed by atoms with Crippen LogP contribution in [0.15, 0.2) is 0 Å². The number of hydrogen-bond acceptors (Lipinski definition) is 3. The van der Waals surface area contributed by atoms with Crippen LogP contribution in [0.5, 0.6) is 0 Å². The molecule has 0 aromatic rings. The summed E-state index contributed by atoms with van der Waals surface area (Å²) in [6, 6.07) is 0.853. The second-order valence-corrected chi connectivity index (χ2v) is 4.11. The van der Waals surface area contributed by atoms with Gasteiger partial charge in [0.15, 0.2) is 0 Å². The monoisotopic (exact) mass is 198 g/mol. The molecule has 1 aliphatic carbocycles. The van der Waals surface area contributed by atoms with E-state index in [-0.39, 0.29) is 5.91 Å². The van der Waals surface area contributed by atoms with Crippen LogP contribution >= 0.6 is 0 Å². The molecule has 0 aromatic heterocycles. The average Bonchev–Trinajstić information content (AvgIpc) is 3.00. The SMILES string of the molecule is O=C(CCC1COCCN1)NC1CC1. The lowest BCUT2D eigenvalue weighted by molar-refractivity contribution is -0.121. The summed E-state index contributed by atoms with van der Waals surface area (Å²) < 4.78 is 5.31. The van der Waals surface area contributed by atoms with Crippen molar-refractivity contribution >= 4 is 5.91 Å². The summed E-state index contributed by atoms with van der Waals surface area (Å²) in [6.07, 6.45) is 3.84. The Morgan fingerprint density at radius 3 is 3.00 bits per heavy atom. The first-order chi connectivity index (χ1) is 6.84. The third-order valence-corrected chi connectivity index (χ3v) is 2.66. The van der Waals surface area contributed by atoms with Crippen molar-refractivity contribution in [2.24, 2.45) is 0 Å². The molecule has 2 rings (SSSR count). The molecule has 1 saturated heterocycles. The van der Waals surface area contributed by atoms with E-state index >= 15 is 0 Å². The van der Waals surface area contributed by atoms with E-state index in [1.165, 1.54) is 0 Å². The third-order valence-electron chi connectivity index (χ3n) is 2.66. The standard InChI is InChI=1S/C10H18N2O2/c13-10(12-8-1-2-8)4-3-9-7-14-6-5-11-9/h8-9,11H,1-7H2,(H,12,13). The molecule has 4 nitrogen and oxygen atoms in total. The summed E-state index contributed by atoms with van der Waals surface area (Å²) in [7, 11) is 0. The highest BCUT2D eigenvalue weighted by Gasteiger charge is 2.23. The Morgan fingerprint density at radius 2 is 2.36 bits per heavy atom. The van der Waals surface area contributed by atoms with Gasteiger partial charge in [0.25, 0.3) is 0 Å². The molecular formula is C10H18N2O2. The molecule has 0 spiro atoms. The summed E-state index contributed by atoms with van der Waals surface area (Å²) in [4.78, 5) is 11.4. The number of rotatable bonds is 4. The zero-order valence-electron chi connectivity index (χ0n) is 8.42. The summed E-state index contributed by atoms with van der Waals surface area (Å²) in [6.45, 7) is 2.45. The van der Waals surface area contributed by atoms with Crippen LogP contribution in [-0.4, -0.2) is 37.7 Å². The van der Waals surface area contributed by atoms with Crippen LogP contribution in [0.4, 0.5) is 0 Å². The van der Waals surface area contributed by atoms with Gasteiger partial charge in [-0.3, -0.25) is 4.79 Å². The van der Waals surface area contributed by atoms with Crippen molar-refractivity contribution in [1.82, 2.24) is 10.6 Å². The second kappa shape index (κ2) is 4.75. The van der Waals surface area contributed by atoms with Crippen molar-refractivity contribution in [1.29, 1.82) is 0 Å². The summed E-state index contributed by atoms with van der Waals surface area (Å²) in [5, 5.41) is 6.32. The first kappa shape index (κ1) is 9.93. The molecule has 0 bridgehead atoms. The van der Waals surface area contributed by atoms with Gasteiger partial charge in [-0.2, -0.15) is 0 Å². The molecule has 1 saturated carbocycles. The highest BCUT2D eigenvalue weighted by atomic mass is 16.5. The molecule has 0 aromatic carbocycles. The second-order valence-electron chi connectivity index (χ2n) is 4.11. The van der Waals surface area contributed by atoms with Crippen molar-refractivity contribution in [3.8, 4) is 0 Å². The minimum absolute atomic E-state index is 0.194. The molecule has 14 heavy (non-hydrogen) atoms. The van der Waals surface area contributed by atoms with Crippen LogP contribution in [0, 0.1) is 0 Å². The lowest BCUT2D eigenvalue weighted by atomic mass is 10.1. The van der Waals surface area contributed by atoms with Gasteiger partial charge in [-0.1, -0.05) is 0 Å². The average molecular weight is 198 g/mol. The van der Waals surface area contributed by atoms with Crippen LogP contribution < -0.4 is 10.6 Å². The maximum Gasteiger partial charge on any atom is 0.220 e. The first-order valence-corrected chi connectivity index (χ1v) is 5.45. The predicted octanol–water partition coefficient (Wildman–Crippen LogP) is 0.0336. The Labute approximate surface area is 84.4 Å². The van der Waals surface area contributed by atoms with Gasteiger partial charge in [-0.25, -0.2) is 0 Å². The molecule has 1 heterocycles. The molecule has 80 valence electrons. The van der Waals surface area contributed by atoms with Crippen molar-refractivity contribution in [3.63, 3.8) is 0 Å². The summed E-state index contributed by atoms with van der Waals surface area (Å²) in [5.74, 6) is 0.194. The molecule has 2 fully saturated rings. The van der Waals surface area contributed by atoms with Crippen LogP contribution in [0.25, 0.3) is 0 Å². The Balaban J connectivity index is 1.57. The fraction of sp³-hybridized carbons (Fsp3) is 0.900. The van der Waals surface area contributed by atoms with E-state index in [9.17, 15) is 4.79 Å². The molecule has 2 aliphatic rings. The van der Waals surface area contributed by atoms with Crippen molar-refractivity contribution in [2.75, 3.05) is 19.8 Å². The highest BCUT2D eigenvalue weighted by Crippen LogP contribution is 2.18. The number of carbonyl (C=O) groups excluding carboxylic acids is 1. The Morgan fingerprint density at radius 1 is 1.50 bits per heavy atom. The molecule has 1 unspecified atom stereocenters. The Kier molecular flexibility index (Phi) is 3.37. The molecular weight excluding hydrogens is 180 g/mol. The number of nitrogens with one attached hydrogen (secondary N) is 2. The van der Waals surface area contributed by atoms with Crippen molar-refractivity contribution < 1.29 is 9.53 Å². The van der Waals surface area contributed by atoms with E-state index in [2.05, 4.69) is 10.6 Å². The number of carbonyl (C=O) groups is 1. The van der Waals surface area contributed by atoms with Crippen LogP contribution in [0.3, 0.4) is 0 Å². The van der Waals surface area contributed by atoms with E-state index < -0.39 is 0 Å². The fourth-order valence-corrected chi connectivity index (χ4v) is 1.64. The van der Waals surface area contributed by atoms with Crippen LogP contribution in [0.1, 0.15) is 25.7 Å². The quantitative estimate of drug-likeness (QED) is 0.670. The summed E-state index contributed by atoms with van der Waals surface area (Å²) >= 11 is 0. The number of morpholine rings is 1. The normalized spacial score (nSPS) is 27.3. The molecule has 4 heteroatoms. The molecule has 1 amide bonds. The molecule has 1 atom stereocenters. The number of hydrogen-bond donors (Lipinski definition) is 2. The number of ether oxygens (including phenoxy) is 1. The van der Waals surface area contributed by atoms with E-state index in [1.54, 1.807) is 0 Å². The minimum atomic E-state index is 0.194. The molecule has 1 aliphatic heterocycles. The first-order valence-electron chi connectivity index (χ1n) is 5.45. The number of amides is 1. The van der Waals surface area contributed by atoms with Gasteiger partial charge in [0.05, 0.1) is 13.2 Å². The zero-order chi connectivity index (χ0) is 9.80. The van der Waals surface area contributed by atoms with Crippen molar-refractivity contribution in [2.45, 2.75) is 37.8 Å². The van der Waals surface area contributed by atoms with E-state index in [0.717, 1.165) is 39.0 Å². The third kappa shape index (κ3) is 3.27. The van der Waals surface area contributed by atoms with Gasteiger partial charge < -0.3 is 15.4 Å². The fourth-order valence-electron chi connectivity index (χ4n) is 1.64. The zero-order valence-corrected chi connectivity index (χ0v) is 8.42. The topological polar surface area (TPSA) is 50.4 Å². The van der Waals surface area contributed by atoms with Crippen LogP contribution in [-0.2, 0) is 9.53 Å². The van der Waals surface area contributed by atoms with E-state index in [1.807, 2.05) is 0 Å². The molecule has 2 N–H and O–H groups in total. The van der Waals surface area contributed by atoms with Gasteiger partial charge in [0.1, 0.15) is 0 Å². The minimum Gasteiger partial charge on any atom is -0.379 e. The predicted molar refractivity (Wildman–Crippen MR) is 53.0 cm³/mol. The van der Waals surface area contributed by atoms with Gasteiger partial charge in [0.2, 0.25) is 5.91 Å². The van der Waals surface area contributed by atoms with Crippen molar-refractivity contribution in [3.05, 3.63) is 0 Å². The molecule has 0 radical (unpaired) electrons. The van der Waals surface area contributed by atoms with E-state index in [4.69, 9.17) is 4.74 Å². The lowest BCUT2D eigenvalue weighted by Gasteiger charge is -2.23. The summed E-state index contributed by atoms with van der Waals surface area (Å²) in [5.41, 5.74) is 0. The van der Waals surface area contributed by atoms with Crippen LogP contribution in [0.2, 0.25) is 0 Å². The lowest BCUT2D eigenvalue weighted by Crippen LogP contribution is -2.42. The maximum atomic E-state index is 11.4. The van der Waals surface area contributed by atoms with Gasteiger partial charge >= 0.3 is 0 Å². The highest BCUT2D eigenvalue weighted by molar-refractivity contribution is 5.76. The Bertz CT molecular complexity index is 198. The smallest absolute Gasteiger partial charge is 0.220 e. The van der Waals surface area contributed by atoms with Gasteiger partial charge in [-0.15, -0.1) is 0 Å². The van der Waals surface area contributed by atoms with Gasteiger partial charge in [-0.05, 0) is 19.3 Å². The van der Waals surface area contributed by atoms with E-state index in [0.29, 0.717) is 18.5 Å². The largest absolute Gasteiger partial charge is 0.379 e. The maximum absolute atomic E-state index is 11.4.